The number of rotatable bonds is 6. The van der Waals surface area contributed by atoms with Crippen LogP contribution in [-0.4, -0.2) is 93.6 Å². The molecule has 3 N–H and O–H groups in total. The average molecular weight is 631 g/mol. The third-order valence-corrected chi connectivity index (χ3v) is 10.5. The van der Waals surface area contributed by atoms with E-state index in [0.717, 1.165) is 0 Å². The molecule has 45 heavy (non-hydrogen) atoms. The van der Waals surface area contributed by atoms with Gasteiger partial charge in [0.15, 0.2) is 5.60 Å². The van der Waals surface area contributed by atoms with E-state index in [4.69, 9.17) is 23.7 Å². The van der Waals surface area contributed by atoms with E-state index in [1.165, 1.54) is 34.6 Å². The molecule has 5 rings (SSSR count). The lowest BCUT2D eigenvalue weighted by atomic mass is 9.52. The summed E-state index contributed by atoms with van der Waals surface area (Å²) in [7, 11) is 0. The van der Waals surface area contributed by atoms with E-state index in [2.05, 4.69) is 0 Å². The summed E-state index contributed by atoms with van der Waals surface area (Å²) in [6.07, 6.45) is -7.93. The van der Waals surface area contributed by atoms with Crippen LogP contribution in [0.15, 0.2) is 41.5 Å². The lowest BCUT2D eigenvalue weighted by molar-refractivity contribution is -0.252. The third kappa shape index (κ3) is 4.88. The molecule has 0 spiro atoms. The molecule has 0 bridgehead atoms. The molecule has 1 aliphatic heterocycles. The van der Waals surface area contributed by atoms with Crippen molar-refractivity contribution in [2.75, 3.05) is 6.61 Å². The second-order valence-electron chi connectivity index (χ2n) is 13.5. The van der Waals surface area contributed by atoms with Crippen LogP contribution in [0, 0.1) is 16.7 Å². The molecule has 12 heteroatoms. The molecule has 0 radical (unpaired) electrons. The lowest BCUT2D eigenvalue weighted by Crippen LogP contribution is -2.71. The van der Waals surface area contributed by atoms with Crippen molar-refractivity contribution in [3.8, 4) is 0 Å². The zero-order chi connectivity index (χ0) is 33.3. The first kappa shape index (κ1) is 33.1. The highest BCUT2D eigenvalue weighted by Crippen LogP contribution is 2.69. The number of hydrogen-bond acceptors (Lipinski definition) is 12. The first-order valence-electron chi connectivity index (χ1n) is 15.1. The summed E-state index contributed by atoms with van der Waals surface area (Å²) in [5.74, 6) is -4.01. The average Bonchev–Trinajstić information content (AvgIpc) is 3.44. The molecule has 0 aromatic heterocycles. The van der Waals surface area contributed by atoms with Crippen molar-refractivity contribution < 1.29 is 58.2 Å². The van der Waals surface area contributed by atoms with Gasteiger partial charge in [0.2, 0.25) is 0 Å². The maximum Gasteiger partial charge on any atom is 0.338 e. The minimum absolute atomic E-state index is 0.0854. The second-order valence-corrected chi connectivity index (χ2v) is 13.5. The Morgan fingerprint density at radius 2 is 1.51 bits per heavy atom. The Bertz CT molecular complexity index is 1410. The predicted octanol–water partition coefficient (Wildman–Crippen LogP) is 2.02. The van der Waals surface area contributed by atoms with Crippen molar-refractivity contribution in [1.82, 2.24) is 0 Å². The monoisotopic (exact) mass is 630 g/mol. The number of carbonyl (C=O) groups is 4. The molecule has 1 saturated heterocycles. The first-order chi connectivity index (χ1) is 20.9. The van der Waals surface area contributed by atoms with Gasteiger partial charge >= 0.3 is 23.9 Å². The van der Waals surface area contributed by atoms with Gasteiger partial charge in [-0.1, -0.05) is 25.1 Å². The highest BCUT2D eigenvalue weighted by Gasteiger charge is 2.80. The SMILES string of the molecule is CC(=O)O[C@H]1C[C@H](OC(C)=O)[C@]2(C)[C@@H]3[C@H](OC[C@]13OC(=O)c1ccccc1)[C@]1(C(C)(C)O)C[C@H](O)C(C)=C1[C@@H](O)[C@@H]2OC(C)=O. The fraction of sp³-hybridized carbons (Fsp3) is 0.636. The standard InChI is InChI=1S/C33H42O12/c1-16-21(37)14-32(30(5,6)40)24(16)25(38)27(44-19(4)36)31(7)22(42-17(2)34)13-23(43-18(3)35)33(15-41-28(32)26(31)33)45-29(39)20-11-9-8-10-12-20/h8-12,21-23,25-28,37-38,40H,13-15H2,1-7H3/t21-,22-,23-,25+,26-,27-,28-,31+,32-,33-/m0/s1. The van der Waals surface area contributed by atoms with Crippen LogP contribution in [0.3, 0.4) is 0 Å². The van der Waals surface area contributed by atoms with Gasteiger partial charge in [-0.3, -0.25) is 14.4 Å². The van der Waals surface area contributed by atoms with Gasteiger partial charge in [0, 0.05) is 33.1 Å². The first-order valence-corrected chi connectivity index (χ1v) is 15.1. The topological polar surface area (TPSA) is 175 Å². The minimum atomic E-state index is -1.78. The quantitative estimate of drug-likeness (QED) is 0.237. The van der Waals surface area contributed by atoms with E-state index < -0.39 is 88.5 Å². The van der Waals surface area contributed by atoms with Crippen LogP contribution < -0.4 is 0 Å². The Morgan fingerprint density at radius 1 is 0.933 bits per heavy atom. The van der Waals surface area contributed by atoms with Gasteiger partial charge in [0.25, 0.3) is 0 Å². The van der Waals surface area contributed by atoms with Crippen molar-refractivity contribution >= 4 is 23.9 Å². The lowest BCUT2D eigenvalue weighted by Gasteiger charge is -2.57. The van der Waals surface area contributed by atoms with Crippen LogP contribution in [0.1, 0.15) is 71.7 Å². The molecule has 1 aromatic carbocycles. The van der Waals surface area contributed by atoms with E-state index in [-0.39, 0.29) is 30.6 Å². The van der Waals surface area contributed by atoms with Crippen molar-refractivity contribution in [2.45, 2.75) is 109 Å². The van der Waals surface area contributed by atoms with Gasteiger partial charge < -0.3 is 39.0 Å². The van der Waals surface area contributed by atoms with E-state index in [0.29, 0.717) is 5.57 Å². The van der Waals surface area contributed by atoms with Crippen LogP contribution in [0.4, 0.5) is 0 Å². The molecule has 246 valence electrons. The molecule has 3 aliphatic carbocycles. The zero-order valence-electron chi connectivity index (χ0n) is 26.6. The van der Waals surface area contributed by atoms with Gasteiger partial charge in [-0.25, -0.2) is 4.79 Å². The largest absolute Gasteiger partial charge is 0.462 e. The molecule has 3 fully saturated rings. The highest BCUT2D eigenvalue weighted by molar-refractivity contribution is 5.89. The predicted molar refractivity (Wildman–Crippen MR) is 155 cm³/mol. The molecule has 1 heterocycles. The maximum atomic E-state index is 13.8. The number of esters is 4. The Kier molecular flexibility index (Phi) is 8.21. The van der Waals surface area contributed by atoms with Crippen LogP contribution in [0.25, 0.3) is 0 Å². The normalized spacial score (nSPS) is 38.8. The number of ether oxygens (including phenoxy) is 5. The fourth-order valence-corrected chi connectivity index (χ4v) is 8.79. The summed E-state index contributed by atoms with van der Waals surface area (Å²) in [4.78, 5) is 51.7. The molecular formula is C33H42O12. The Labute approximate surface area is 261 Å². The number of fused-ring (bicyclic) bond motifs is 2. The van der Waals surface area contributed by atoms with Crippen LogP contribution in [0.2, 0.25) is 0 Å². The molecule has 2 saturated carbocycles. The summed E-state index contributed by atoms with van der Waals surface area (Å²) < 4.78 is 30.6. The van der Waals surface area contributed by atoms with Crippen LogP contribution >= 0.6 is 0 Å². The number of benzene rings is 1. The van der Waals surface area contributed by atoms with Crippen LogP contribution in [-0.2, 0) is 38.1 Å². The van der Waals surface area contributed by atoms with Crippen molar-refractivity contribution in [3.63, 3.8) is 0 Å². The summed E-state index contributed by atoms with van der Waals surface area (Å²) in [6.45, 7) is 9.60. The van der Waals surface area contributed by atoms with E-state index in [1.54, 1.807) is 44.2 Å². The Morgan fingerprint density at radius 3 is 2.07 bits per heavy atom. The van der Waals surface area contributed by atoms with Crippen molar-refractivity contribution in [3.05, 3.63) is 47.0 Å². The minimum Gasteiger partial charge on any atom is -0.462 e. The van der Waals surface area contributed by atoms with Crippen molar-refractivity contribution in [2.24, 2.45) is 16.7 Å². The summed E-state index contributed by atoms with van der Waals surface area (Å²) in [6, 6.07) is 8.18. The molecule has 0 amide bonds. The molecular weight excluding hydrogens is 588 g/mol. The number of aliphatic hydroxyl groups is 3. The number of carbonyl (C=O) groups excluding carboxylic acids is 4. The molecule has 1 aromatic rings. The molecule has 0 unspecified atom stereocenters. The molecule has 12 nitrogen and oxygen atoms in total. The van der Waals surface area contributed by atoms with Gasteiger partial charge in [0.05, 0.1) is 40.8 Å². The smallest absolute Gasteiger partial charge is 0.338 e. The molecule has 10 atom stereocenters. The summed E-state index contributed by atoms with van der Waals surface area (Å²) in [5, 5.41) is 35.5. The van der Waals surface area contributed by atoms with Crippen molar-refractivity contribution in [1.29, 1.82) is 0 Å². The van der Waals surface area contributed by atoms with Gasteiger partial charge in [-0.2, -0.15) is 0 Å². The highest BCUT2D eigenvalue weighted by atomic mass is 16.6. The van der Waals surface area contributed by atoms with Gasteiger partial charge in [-0.05, 0) is 50.5 Å². The maximum absolute atomic E-state index is 13.8. The third-order valence-electron chi connectivity index (χ3n) is 10.5. The van der Waals surface area contributed by atoms with Crippen LogP contribution in [0.5, 0.6) is 0 Å². The summed E-state index contributed by atoms with van der Waals surface area (Å²) >= 11 is 0. The number of aliphatic hydroxyl groups excluding tert-OH is 2. The second kappa shape index (κ2) is 11.2. The number of hydrogen-bond donors (Lipinski definition) is 3. The zero-order valence-corrected chi connectivity index (χ0v) is 26.6. The van der Waals surface area contributed by atoms with E-state index in [1.807, 2.05) is 0 Å². The van der Waals surface area contributed by atoms with Gasteiger partial charge in [0.1, 0.15) is 24.4 Å². The fourth-order valence-electron chi connectivity index (χ4n) is 8.79. The van der Waals surface area contributed by atoms with E-state index >= 15 is 0 Å². The Hall–Kier alpha value is -3.32. The van der Waals surface area contributed by atoms with E-state index in [9.17, 15) is 34.5 Å². The summed E-state index contributed by atoms with van der Waals surface area (Å²) in [5.41, 5.74) is -5.72. The van der Waals surface area contributed by atoms with Gasteiger partial charge in [-0.15, -0.1) is 0 Å². The Balaban J connectivity index is 1.86. The molecule has 4 aliphatic rings.